The zero-order chi connectivity index (χ0) is 36.7. The first-order valence-corrected chi connectivity index (χ1v) is 18.4. The summed E-state index contributed by atoms with van der Waals surface area (Å²) in [7, 11) is 0. The van der Waals surface area contributed by atoms with Crippen molar-refractivity contribution in [3.63, 3.8) is 0 Å². The van der Waals surface area contributed by atoms with Crippen molar-refractivity contribution in [2.45, 2.75) is 0 Å². The van der Waals surface area contributed by atoms with Crippen molar-refractivity contribution < 1.29 is 0 Å². The van der Waals surface area contributed by atoms with E-state index in [0.717, 1.165) is 121 Å². The smallest absolute Gasteiger partial charge is 0.0965 e. The van der Waals surface area contributed by atoms with E-state index in [2.05, 4.69) is 107 Å². The van der Waals surface area contributed by atoms with E-state index in [9.17, 15) is 0 Å². The quantitative estimate of drug-likeness (QED) is 0.167. The highest BCUT2D eigenvalue weighted by Crippen LogP contribution is 2.34. The molecule has 0 amide bonds. The molecule has 0 spiro atoms. The molecule has 0 aliphatic carbocycles. The zero-order valence-electron chi connectivity index (χ0n) is 29.6. The standard InChI is InChI=1S/C48H26N8/c1-3-27-5-7-29-15-35(21-51-43(29)41(27)49-13-1)37-17-31-9-11-33-19-39(25-55-47(33)45(31)53-23-37)40-20-34-12-10-32-18-38(24-54-46(32)48(34)56-26-40)36-16-30-8-6-28-4-2-14-50-42(28)44(30)52-22-36/h1-26H. The minimum absolute atomic E-state index is 0.860. The van der Waals surface area contributed by atoms with Gasteiger partial charge < -0.3 is 0 Å². The molecule has 0 radical (unpaired) electrons. The van der Waals surface area contributed by atoms with Crippen molar-refractivity contribution in [1.82, 2.24) is 39.9 Å². The lowest BCUT2D eigenvalue weighted by atomic mass is 10.0. The molecule has 8 heteroatoms. The lowest BCUT2D eigenvalue weighted by Gasteiger charge is -2.10. The number of benzene rings is 4. The van der Waals surface area contributed by atoms with Crippen LogP contribution >= 0.6 is 0 Å². The Balaban J connectivity index is 0.858. The normalized spacial score (nSPS) is 11.9. The van der Waals surface area contributed by atoms with E-state index in [1.807, 2.05) is 61.7 Å². The maximum absolute atomic E-state index is 4.93. The van der Waals surface area contributed by atoms with Crippen LogP contribution in [-0.4, -0.2) is 39.9 Å². The number of fused-ring (bicyclic) bond motifs is 12. The lowest BCUT2D eigenvalue weighted by Crippen LogP contribution is -1.91. The first-order valence-electron chi connectivity index (χ1n) is 18.4. The molecule has 0 fully saturated rings. The van der Waals surface area contributed by atoms with Gasteiger partial charge in [-0.2, -0.15) is 0 Å². The highest BCUT2D eigenvalue weighted by atomic mass is 14.8. The summed E-state index contributed by atoms with van der Waals surface area (Å²) in [6.45, 7) is 0. The van der Waals surface area contributed by atoms with Gasteiger partial charge in [0.05, 0.1) is 44.1 Å². The summed E-state index contributed by atoms with van der Waals surface area (Å²) in [5.41, 5.74) is 13.1. The first kappa shape index (κ1) is 30.6. The molecular weight excluding hydrogens is 689 g/mol. The molecule has 4 aromatic carbocycles. The van der Waals surface area contributed by atoms with Crippen LogP contribution in [0, 0.1) is 0 Å². The molecule has 0 unspecified atom stereocenters. The third kappa shape index (κ3) is 4.79. The van der Waals surface area contributed by atoms with Gasteiger partial charge in [0.1, 0.15) is 0 Å². The van der Waals surface area contributed by atoms with Gasteiger partial charge in [-0.3, -0.25) is 39.9 Å². The molecule has 0 aliphatic heterocycles. The van der Waals surface area contributed by atoms with Crippen LogP contribution in [0.2, 0.25) is 0 Å². The minimum atomic E-state index is 0.860. The fourth-order valence-electron chi connectivity index (χ4n) is 8.01. The Bertz CT molecular complexity index is 3380. The molecule has 8 aromatic heterocycles. The summed E-state index contributed by atoms with van der Waals surface area (Å²) < 4.78 is 0. The van der Waals surface area contributed by atoms with Crippen molar-refractivity contribution in [2.24, 2.45) is 0 Å². The Morgan fingerprint density at radius 3 is 0.679 bits per heavy atom. The summed E-state index contributed by atoms with van der Waals surface area (Å²) in [6, 6.07) is 37.8. The number of hydrogen-bond donors (Lipinski definition) is 0. The molecule has 0 bridgehead atoms. The topological polar surface area (TPSA) is 103 Å². The highest BCUT2D eigenvalue weighted by Gasteiger charge is 2.13. The van der Waals surface area contributed by atoms with Gasteiger partial charge in [0.2, 0.25) is 0 Å². The monoisotopic (exact) mass is 714 g/mol. The van der Waals surface area contributed by atoms with Crippen molar-refractivity contribution in [3.05, 3.63) is 159 Å². The van der Waals surface area contributed by atoms with E-state index in [1.54, 1.807) is 0 Å². The van der Waals surface area contributed by atoms with Gasteiger partial charge in [-0.25, -0.2) is 0 Å². The van der Waals surface area contributed by atoms with Gasteiger partial charge in [-0.05, 0) is 48.5 Å². The van der Waals surface area contributed by atoms with Gasteiger partial charge in [0, 0.05) is 126 Å². The Hall–Kier alpha value is -7.84. The molecule has 0 saturated heterocycles. The van der Waals surface area contributed by atoms with Gasteiger partial charge in [0.15, 0.2) is 0 Å². The predicted molar refractivity (Wildman–Crippen MR) is 225 cm³/mol. The minimum Gasteiger partial charge on any atom is -0.254 e. The van der Waals surface area contributed by atoms with E-state index in [4.69, 9.17) is 29.9 Å². The average Bonchev–Trinajstić information content (AvgIpc) is 3.27. The Labute approximate surface area is 318 Å². The summed E-state index contributed by atoms with van der Waals surface area (Å²) >= 11 is 0. The van der Waals surface area contributed by atoms with Crippen LogP contribution in [0.25, 0.3) is 121 Å². The van der Waals surface area contributed by atoms with Gasteiger partial charge in [-0.1, -0.05) is 60.7 Å². The van der Waals surface area contributed by atoms with E-state index in [1.165, 1.54) is 0 Å². The van der Waals surface area contributed by atoms with Gasteiger partial charge >= 0.3 is 0 Å². The predicted octanol–water partition coefficient (Wildman–Crippen LogP) is 11.1. The second-order valence-corrected chi connectivity index (χ2v) is 14.2. The molecule has 8 heterocycles. The SMILES string of the molecule is c1cnc2c(c1)ccc1cc(-c3cnc4c(ccc5cc(-c6cnc7c(ccc8cc(-c9cnc%10c(ccc%11cccnc%11%10)c9)cnc87)c6)cnc54)c3)cnc12. The fourth-order valence-corrected chi connectivity index (χ4v) is 8.01. The number of nitrogens with zero attached hydrogens (tertiary/aromatic N) is 8. The summed E-state index contributed by atoms with van der Waals surface area (Å²) in [5.74, 6) is 0. The van der Waals surface area contributed by atoms with Crippen LogP contribution in [0.1, 0.15) is 0 Å². The number of rotatable bonds is 3. The molecule has 12 rings (SSSR count). The number of pyridine rings is 8. The molecular formula is C48H26N8. The second-order valence-electron chi connectivity index (χ2n) is 14.2. The largest absolute Gasteiger partial charge is 0.254 e. The third-order valence-corrected chi connectivity index (χ3v) is 10.8. The van der Waals surface area contributed by atoms with Crippen molar-refractivity contribution in [3.8, 4) is 33.4 Å². The highest BCUT2D eigenvalue weighted by molar-refractivity contribution is 6.08. The Kier molecular flexibility index (Phi) is 6.47. The average molecular weight is 715 g/mol. The van der Waals surface area contributed by atoms with Crippen LogP contribution < -0.4 is 0 Å². The zero-order valence-corrected chi connectivity index (χ0v) is 29.6. The van der Waals surface area contributed by atoms with E-state index < -0.39 is 0 Å². The van der Waals surface area contributed by atoms with Crippen molar-refractivity contribution in [1.29, 1.82) is 0 Å². The van der Waals surface area contributed by atoms with Crippen LogP contribution in [0.15, 0.2) is 159 Å². The fraction of sp³-hybridized carbons (Fsp3) is 0. The Morgan fingerprint density at radius 2 is 0.429 bits per heavy atom. The molecule has 8 nitrogen and oxygen atoms in total. The molecule has 0 atom stereocenters. The number of aromatic nitrogens is 8. The van der Waals surface area contributed by atoms with Gasteiger partial charge in [0.25, 0.3) is 0 Å². The molecule has 12 aromatic rings. The third-order valence-electron chi connectivity index (χ3n) is 10.8. The maximum atomic E-state index is 4.93. The first-order chi connectivity index (χ1) is 27.7. The van der Waals surface area contributed by atoms with E-state index >= 15 is 0 Å². The van der Waals surface area contributed by atoms with E-state index in [-0.39, 0.29) is 0 Å². The van der Waals surface area contributed by atoms with Gasteiger partial charge in [-0.15, -0.1) is 0 Å². The van der Waals surface area contributed by atoms with Crippen molar-refractivity contribution in [2.75, 3.05) is 0 Å². The molecule has 0 saturated carbocycles. The molecule has 0 aliphatic rings. The second kappa shape index (κ2) is 11.8. The summed E-state index contributed by atoms with van der Waals surface area (Å²) in [6.07, 6.45) is 15.1. The molecule has 258 valence electrons. The maximum Gasteiger partial charge on any atom is 0.0965 e. The van der Waals surface area contributed by atoms with Crippen molar-refractivity contribution >= 4 is 87.2 Å². The lowest BCUT2D eigenvalue weighted by molar-refractivity contribution is 1.34. The van der Waals surface area contributed by atoms with E-state index in [0.29, 0.717) is 0 Å². The number of hydrogen-bond acceptors (Lipinski definition) is 8. The summed E-state index contributed by atoms with van der Waals surface area (Å²) in [5, 5.41) is 8.33. The van der Waals surface area contributed by atoms with Crippen LogP contribution in [0.4, 0.5) is 0 Å². The Morgan fingerprint density at radius 1 is 0.214 bits per heavy atom. The molecule has 0 N–H and O–H groups in total. The summed E-state index contributed by atoms with van der Waals surface area (Å²) in [4.78, 5) is 38.4. The molecule has 56 heavy (non-hydrogen) atoms. The van der Waals surface area contributed by atoms with Crippen LogP contribution in [0.3, 0.4) is 0 Å². The van der Waals surface area contributed by atoms with Crippen LogP contribution in [-0.2, 0) is 0 Å². The van der Waals surface area contributed by atoms with Crippen LogP contribution in [0.5, 0.6) is 0 Å².